The van der Waals surface area contributed by atoms with Crippen LogP contribution in [0.2, 0.25) is 0 Å². The van der Waals surface area contributed by atoms with Crippen molar-refractivity contribution in [1.29, 1.82) is 0 Å². The number of anilines is 1. The van der Waals surface area contributed by atoms with Crippen molar-refractivity contribution >= 4 is 21.6 Å². The molecule has 0 unspecified atom stereocenters. The summed E-state index contributed by atoms with van der Waals surface area (Å²) < 4.78 is 41.0. The Hall–Kier alpha value is -2.86. The van der Waals surface area contributed by atoms with Gasteiger partial charge >= 0.3 is 0 Å². The van der Waals surface area contributed by atoms with Gasteiger partial charge in [-0.25, -0.2) is 8.78 Å². The molecule has 0 bridgehead atoms. The Kier molecular flexibility index (Phi) is 5.64. The second kappa shape index (κ2) is 8.58. The molecule has 1 aliphatic carbocycles. The number of rotatable bonds is 5. The van der Waals surface area contributed by atoms with Crippen LogP contribution in [0.1, 0.15) is 35.1 Å². The van der Waals surface area contributed by atoms with Gasteiger partial charge in [0, 0.05) is 12.0 Å². The molecule has 0 saturated carbocycles. The molecule has 0 aromatic heterocycles. The SMILES string of the molecule is COc1cc([C@@H]2Nc3c(F)cc(F)cc3[C@H]3C=CC[C@@H]32)cc(Br)c1OCc1ccccc1. The maximum atomic E-state index is 14.6. The molecule has 0 radical (unpaired) electrons. The van der Waals surface area contributed by atoms with Crippen molar-refractivity contribution in [3.05, 3.63) is 99.5 Å². The summed E-state index contributed by atoms with van der Waals surface area (Å²) in [6.07, 6.45) is 4.97. The minimum Gasteiger partial charge on any atom is -0.493 e. The van der Waals surface area contributed by atoms with E-state index >= 15 is 0 Å². The Morgan fingerprint density at radius 1 is 1.09 bits per heavy atom. The van der Waals surface area contributed by atoms with Crippen molar-refractivity contribution in [1.82, 2.24) is 0 Å². The van der Waals surface area contributed by atoms with Crippen LogP contribution in [0.25, 0.3) is 0 Å². The van der Waals surface area contributed by atoms with Crippen molar-refractivity contribution in [3.63, 3.8) is 0 Å². The van der Waals surface area contributed by atoms with Crippen LogP contribution in [-0.4, -0.2) is 7.11 Å². The molecule has 3 aromatic carbocycles. The van der Waals surface area contributed by atoms with Gasteiger partial charge in [0.05, 0.1) is 23.3 Å². The summed E-state index contributed by atoms with van der Waals surface area (Å²) in [5.74, 6) is 0.199. The van der Waals surface area contributed by atoms with E-state index in [1.54, 1.807) is 7.11 Å². The standard InChI is InChI=1S/C26H22BrF2NO2/c1-31-23-11-16(10-21(27)26(23)32-14-15-6-3-2-4-7-15)24-19-9-5-8-18(19)20-12-17(28)13-22(29)25(20)30-24/h2-8,10-13,18-19,24,30H,9,14H2,1H3/t18-,19-,24-/m0/s1. The summed E-state index contributed by atoms with van der Waals surface area (Å²) >= 11 is 3.64. The number of hydrogen-bond donors (Lipinski definition) is 1. The molecule has 0 fully saturated rings. The van der Waals surface area contributed by atoms with Gasteiger partial charge in [-0.05, 0) is 63.2 Å². The molecule has 0 amide bonds. The van der Waals surface area contributed by atoms with E-state index in [2.05, 4.69) is 33.4 Å². The first kappa shape index (κ1) is 21.0. The number of benzene rings is 3. The first-order valence-corrected chi connectivity index (χ1v) is 11.3. The molecule has 3 atom stereocenters. The quantitative estimate of drug-likeness (QED) is 0.380. The molecule has 0 saturated heterocycles. The van der Waals surface area contributed by atoms with Crippen LogP contribution in [0.3, 0.4) is 0 Å². The molecule has 32 heavy (non-hydrogen) atoms. The lowest BCUT2D eigenvalue weighted by Gasteiger charge is -2.38. The summed E-state index contributed by atoms with van der Waals surface area (Å²) in [7, 11) is 1.60. The predicted octanol–water partition coefficient (Wildman–Crippen LogP) is 7.14. The molecule has 0 spiro atoms. The van der Waals surface area contributed by atoms with Crippen LogP contribution in [-0.2, 0) is 6.61 Å². The van der Waals surface area contributed by atoms with Crippen LogP contribution in [0, 0.1) is 17.6 Å². The van der Waals surface area contributed by atoms with E-state index in [1.165, 1.54) is 6.07 Å². The van der Waals surface area contributed by atoms with Crippen LogP contribution in [0.15, 0.2) is 71.2 Å². The Morgan fingerprint density at radius 3 is 2.69 bits per heavy atom. The van der Waals surface area contributed by atoms with E-state index in [1.807, 2.05) is 42.5 Å². The Labute approximate surface area is 194 Å². The predicted molar refractivity (Wildman–Crippen MR) is 124 cm³/mol. The van der Waals surface area contributed by atoms with E-state index < -0.39 is 11.6 Å². The van der Waals surface area contributed by atoms with Gasteiger partial charge in [0.2, 0.25) is 0 Å². The molecule has 6 heteroatoms. The molecule has 3 nitrogen and oxygen atoms in total. The highest BCUT2D eigenvalue weighted by Gasteiger charge is 2.39. The van der Waals surface area contributed by atoms with E-state index in [9.17, 15) is 8.78 Å². The Morgan fingerprint density at radius 2 is 1.91 bits per heavy atom. The van der Waals surface area contributed by atoms with Crippen LogP contribution >= 0.6 is 15.9 Å². The lowest BCUT2D eigenvalue weighted by molar-refractivity contribution is 0.282. The molecular formula is C26H22BrF2NO2. The third-order valence-electron chi connectivity index (χ3n) is 6.22. The van der Waals surface area contributed by atoms with Gasteiger partial charge in [-0.2, -0.15) is 0 Å². The number of fused-ring (bicyclic) bond motifs is 3. The zero-order valence-corrected chi connectivity index (χ0v) is 19.0. The zero-order chi connectivity index (χ0) is 22.2. The number of hydrogen-bond acceptors (Lipinski definition) is 3. The summed E-state index contributed by atoms with van der Waals surface area (Å²) in [5.41, 5.74) is 3.04. The summed E-state index contributed by atoms with van der Waals surface area (Å²) in [4.78, 5) is 0. The summed E-state index contributed by atoms with van der Waals surface area (Å²) in [6.45, 7) is 0.412. The molecule has 1 aliphatic heterocycles. The minimum atomic E-state index is -0.572. The maximum absolute atomic E-state index is 14.6. The van der Waals surface area contributed by atoms with Gasteiger partial charge < -0.3 is 14.8 Å². The van der Waals surface area contributed by atoms with E-state index in [0.29, 0.717) is 29.4 Å². The molecule has 2 aliphatic rings. The number of ether oxygens (including phenoxy) is 2. The first-order chi connectivity index (χ1) is 15.5. The number of nitrogens with one attached hydrogen (secondary N) is 1. The lowest BCUT2D eigenvalue weighted by atomic mass is 9.77. The van der Waals surface area contributed by atoms with Crippen LogP contribution in [0.5, 0.6) is 11.5 Å². The average Bonchev–Trinajstić information content (AvgIpc) is 3.28. The smallest absolute Gasteiger partial charge is 0.175 e. The van der Waals surface area contributed by atoms with E-state index in [-0.39, 0.29) is 17.9 Å². The monoisotopic (exact) mass is 497 g/mol. The number of allylic oxidation sites excluding steroid dienone is 2. The van der Waals surface area contributed by atoms with Gasteiger partial charge in [-0.1, -0.05) is 42.5 Å². The highest BCUT2D eigenvalue weighted by atomic mass is 79.9. The van der Waals surface area contributed by atoms with Crippen molar-refractivity contribution in [2.45, 2.75) is 25.0 Å². The minimum absolute atomic E-state index is 0.0415. The van der Waals surface area contributed by atoms with Gasteiger partial charge in [-0.3, -0.25) is 0 Å². The molecular weight excluding hydrogens is 476 g/mol. The summed E-state index contributed by atoms with van der Waals surface area (Å²) in [5, 5.41) is 3.34. The second-order valence-electron chi connectivity index (χ2n) is 8.14. The van der Waals surface area contributed by atoms with Crippen molar-refractivity contribution in [2.24, 2.45) is 5.92 Å². The fourth-order valence-electron chi connectivity index (χ4n) is 4.74. The second-order valence-corrected chi connectivity index (χ2v) is 8.99. The molecule has 1 N–H and O–H groups in total. The molecule has 3 aromatic rings. The first-order valence-electron chi connectivity index (χ1n) is 10.5. The van der Waals surface area contributed by atoms with Gasteiger partial charge in [-0.15, -0.1) is 0 Å². The highest BCUT2D eigenvalue weighted by molar-refractivity contribution is 9.10. The summed E-state index contributed by atoms with van der Waals surface area (Å²) in [6, 6.07) is 16.0. The molecule has 1 heterocycles. The maximum Gasteiger partial charge on any atom is 0.175 e. The topological polar surface area (TPSA) is 30.5 Å². The van der Waals surface area contributed by atoms with Gasteiger partial charge in [0.15, 0.2) is 11.5 Å². The van der Waals surface area contributed by atoms with Crippen molar-refractivity contribution in [2.75, 3.05) is 12.4 Å². The lowest BCUT2D eigenvalue weighted by Crippen LogP contribution is -2.30. The van der Waals surface area contributed by atoms with Gasteiger partial charge in [0.25, 0.3) is 0 Å². The Balaban J connectivity index is 1.49. The number of methoxy groups -OCH3 is 1. The molecule has 5 rings (SSSR count). The van der Waals surface area contributed by atoms with Crippen molar-refractivity contribution < 1.29 is 18.3 Å². The molecule has 164 valence electrons. The third kappa shape index (κ3) is 3.77. The highest BCUT2D eigenvalue weighted by Crippen LogP contribution is 2.52. The largest absolute Gasteiger partial charge is 0.493 e. The van der Waals surface area contributed by atoms with E-state index in [4.69, 9.17) is 9.47 Å². The normalized spacial score (nSPS) is 20.9. The zero-order valence-electron chi connectivity index (χ0n) is 17.4. The number of halogens is 3. The van der Waals surface area contributed by atoms with Gasteiger partial charge in [0.1, 0.15) is 18.2 Å². The Bertz CT molecular complexity index is 1180. The van der Waals surface area contributed by atoms with Crippen LogP contribution < -0.4 is 14.8 Å². The van der Waals surface area contributed by atoms with Crippen LogP contribution in [0.4, 0.5) is 14.5 Å². The fraction of sp³-hybridized carbons (Fsp3) is 0.231. The average molecular weight is 498 g/mol. The van der Waals surface area contributed by atoms with E-state index in [0.717, 1.165) is 28.1 Å². The fourth-order valence-corrected chi connectivity index (χ4v) is 5.31. The third-order valence-corrected chi connectivity index (χ3v) is 6.81. The van der Waals surface area contributed by atoms with Crippen molar-refractivity contribution in [3.8, 4) is 11.5 Å².